The summed E-state index contributed by atoms with van der Waals surface area (Å²) in [5, 5.41) is 0. The number of rotatable bonds is 6. The van der Waals surface area contributed by atoms with Crippen LogP contribution in [0.1, 0.15) is 20.8 Å². The van der Waals surface area contributed by atoms with Gasteiger partial charge in [-0.1, -0.05) is 0 Å². The summed E-state index contributed by atoms with van der Waals surface area (Å²) in [5.74, 6) is -2.10. The van der Waals surface area contributed by atoms with Gasteiger partial charge in [0.1, 0.15) is 0 Å². The number of epoxide rings is 3. The van der Waals surface area contributed by atoms with Crippen LogP contribution in [0.25, 0.3) is 0 Å². The van der Waals surface area contributed by atoms with Gasteiger partial charge in [0.15, 0.2) is 0 Å². The zero-order valence-electron chi connectivity index (χ0n) is 12.2. The van der Waals surface area contributed by atoms with Gasteiger partial charge in [0.2, 0.25) is 0 Å². The molecule has 0 amide bonds. The molecule has 0 saturated carbocycles. The number of hydrogen-bond donors (Lipinski definition) is 0. The van der Waals surface area contributed by atoms with E-state index in [4.69, 9.17) is 22.7 Å². The normalized spacial score (nSPS) is 38.2. The van der Waals surface area contributed by atoms with Gasteiger partial charge in [-0.3, -0.25) is 0 Å². The average molecular weight is 512 g/mol. The molecule has 3 aliphatic rings. The van der Waals surface area contributed by atoms with Crippen LogP contribution in [0.2, 0.25) is 0 Å². The Morgan fingerprint density at radius 1 is 0.727 bits per heavy atom. The molecule has 0 bridgehead atoms. The van der Waals surface area contributed by atoms with Crippen LogP contribution in [-0.2, 0) is 37.0 Å². The standard InChI is InChI=1S/3C4H6O3.Bi/c3*1-4(2-7-4)3(5)6;/h3*2H2,1H3,(H,5,6);/q;;;+3/p-3. The van der Waals surface area contributed by atoms with Gasteiger partial charge >= 0.3 is 135 Å². The van der Waals surface area contributed by atoms with E-state index in [1.165, 1.54) is 20.8 Å². The molecule has 0 N–H and O–H groups in total. The third-order valence-electron chi connectivity index (χ3n) is 3.50. The van der Waals surface area contributed by atoms with E-state index in [2.05, 4.69) is 0 Å². The minimum atomic E-state index is -4.11. The maximum atomic E-state index is 11.9. The third kappa shape index (κ3) is 3.25. The minimum absolute atomic E-state index is 0.215. The maximum absolute atomic E-state index is 11.9. The van der Waals surface area contributed by atoms with Gasteiger partial charge in [0.25, 0.3) is 0 Å². The zero-order valence-corrected chi connectivity index (χ0v) is 15.7. The van der Waals surface area contributed by atoms with Gasteiger partial charge in [-0.25, -0.2) is 0 Å². The molecule has 0 aromatic carbocycles. The summed E-state index contributed by atoms with van der Waals surface area (Å²) in [5.41, 5.74) is -3.15. The van der Waals surface area contributed by atoms with E-state index in [-0.39, 0.29) is 19.8 Å². The van der Waals surface area contributed by atoms with Crippen molar-refractivity contribution < 1.29 is 37.0 Å². The number of ether oxygens (including phenoxy) is 3. The number of hydrogen-bond acceptors (Lipinski definition) is 9. The van der Waals surface area contributed by atoms with E-state index in [1.54, 1.807) is 0 Å². The predicted octanol–water partition coefficient (Wildman–Crippen LogP) is -1.03. The van der Waals surface area contributed by atoms with Crippen LogP contribution in [0.3, 0.4) is 0 Å². The molecule has 3 atom stereocenters. The Morgan fingerprint density at radius 2 is 0.955 bits per heavy atom. The van der Waals surface area contributed by atoms with Gasteiger partial charge < -0.3 is 0 Å². The molecule has 0 aromatic heterocycles. The Bertz CT molecular complexity index is 457. The molecule has 0 aromatic rings. The van der Waals surface area contributed by atoms with Crippen LogP contribution in [0, 0.1) is 0 Å². The van der Waals surface area contributed by atoms with E-state index >= 15 is 0 Å². The quantitative estimate of drug-likeness (QED) is 0.325. The first-order valence-electron chi connectivity index (χ1n) is 6.56. The van der Waals surface area contributed by atoms with Crippen LogP contribution in [0.5, 0.6) is 0 Å². The fraction of sp³-hybridized carbons (Fsp3) is 0.750. The molecule has 3 unspecified atom stereocenters. The topological polar surface area (TPSA) is 116 Å². The molecule has 10 heteroatoms. The first-order valence-corrected chi connectivity index (χ1v) is 10.8. The summed E-state index contributed by atoms with van der Waals surface area (Å²) in [6, 6.07) is 0. The third-order valence-corrected chi connectivity index (χ3v) is 7.17. The molecular formula is C12H15BiO9. The molecule has 3 fully saturated rings. The summed E-state index contributed by atoms with van der Waals surface area (Å²) in [6.07, 6.45) is 0. The summed E-state index contributed by atoms with van der Waals surface area (Å²) in [6.45, 7) is 5.26. The molecule has 3 saturated heterocycles. The van der Waals surface area contributed by atoms with Gasteiger partial charge in [0, 0.05) is 0 Å². The van der Waals surface area contributed by atoms with Crippen molar-refractivity contribution in [3.8, 4) is 0 Å². The van der Waals surface area contributed by atoms with Crippen molar-refractivity contribution in [2.24, 2.45) is 0 Å². The number of carbonyl (C=O) groups excluding carboxylic acids is 3. The van der Waals surface area contributed by atoms with Crippen LogP contribution in [0.15, 0.2) is 0 Å². The Hall–Kier alpha value is -0.827. The summed E-state index contributed by atoms with van der Waals surface area (Å²) < 4.78 is 30.2. The molecule has 3 heterocycles. The molecule has 22 heavy (non-hydrogen) atoms. The molecule has 3 rings (SSSR count). The molecule has 0 spiro atoms. The van der Waals surface area contributed by atoms with Gasteiger partial charge in [0.05, 0.1) is 0 Å². The second-order valence-corrected chi connectivity index (χ2v) is 9.79. The van der Waals surface area contributed by atoms with Crippen molar-refractivity contribution in [1.82, 2.24) is 0 Å². The molecule has 9 nitrogen and oxygen atoms in total. The molecule has 0 radical (unpaired) electrons. The van der Waals surface area contributed by atoms with Crippen LogP contribution in [0.4, 0.5) is 0 Å². The van der Waals surface area contributed by atoms with Gasteiger partial charge in [-0.05, 0) is 0 Å². The Morgan fingerprint density at radius 3 is 1.14 bits per heavy atom. The molecule has 0 aliphatic carbocycles. The van der Waals surface area contributed by atoms with E-state index in [0.29, 0.717) is 0 Å². The Labute approximate surface area is 135 Å². The Balaban J connectivity index is 1.63. The monoisotopic (exact) mass is 512 g/mol. The van der Waals surface area contributed by atoms with Crippen molar-refractivity contribution in [2.45, 2.75) is 37.6 Å². The predicted molar refractivity (Wildman–Crippen MR) is 67.1 cm³/mol. The van der Waals surface area contributed by atoms with Crippen LogP contribution in [-0.4, -0.2) is 77.6 Å². The zero-order chi connectivity index (χ0) is 16.2. The fourth-order valence-corrected chi connectivity index (χ4v) is 5.49. The second kappa shape index (κ2) is 5.09. The first-order chi connectivity index (χ1) is 10.2. The van der Waals surface area contributed by atoms with E-state index in [1.807, 2.05) is 0 Å². The van der Waals surface area contributed by atoms with Crippen molar-refractivity contribution in [3.63, 3.8) is 0 Å². The van der Waals surface area contributed by atoms with Crippen molar-refractivity contribution in [3.05, 3.63) is 0 Å². The summed E-state index contributed by atoms with van der Waals surface area (Å²) in [4.78, 5) is 35.7. The summed E-state index contributed by atoms with van der Waals surface area (Å²) in [7, 11) is 0. The number of carbonyl (C=O) groups is 3. The van der Waals surface area contributed by atoms with Crippen molar-refractivity contribution in [1.29, 1.82) is 0 Å². The van der Waals surface area contributed by atoms with Crippen molar-refractivity contribution in [2.75, 3.05) is 19.8 Å². The summed E-state index contributed by atoms with van der Waals surface area (Å²) >= 11 is -4.11. The van der Waals surface area contributed by atoms with E-state index in [0.717, 1.165) is 0 Å². The van der Waals surface area contributed by atoms with E-state index in [9.17, 15) is 14.4 Å². The van der Waals surface area contributed by atoms with Crippen LogP contribution < -0.4 is 0 Å². The van der Waals surface area contributed by atoms with E-state index < -0.39 is 57.8 Å². The van der Waals surface area contributed by atoms with Gasteiger partial charge in [-0.15, -0.1) is 0 Å². The average Bonchev–Trinajstić information content (AvgIpc) is 3.30. The van der Waals surface area contributed by atoms with Gasteiger partial charge in [-0.2, -0.15) is 0 Å². The Kier molecular flexibility index (Phi) is 3.71. The second-order valence-electron chi connectivity index (χ2n) is 5.92. The molecule has 122 valence electrons. The van der Waals surface area contributed by atoms with Crippen LogP contribution >= 0.6 is 0 Å². The van der Waals surface area contributed by atoms with Crippen molar-refractivity contribution >= 4 is 41.0 Å². The fourth-order valence-electron chi connectivity index (χ4n) is 1.23. The first kappa shape index (κ1) is 16.0. The molecule has 3 aliphatic heterocycles. The SMILES string of the molecule is CC1(C(=O)[O][Bi]([O]C(=O)C2(C)CO2)[O]C(=O)C2(C)CO2)CO1. The molecular weight excluding hydrogens is 497 g/mol.